The van der Waals surface area contributed by atoms with Gasteiger partial charge in [0.05, 0.1) is 6.54 Å². The Hall–Kier alpha value is -1.33. The molecule has 1 aliphatic heterocycles. The number of rotatable bonds is 4. The summed E-state index contributed by atoms with van der Waals surface area (Å²) in [5, 5.41) is 17.9. The number of aliphatic hydroxyl groups excluding tert-OH is 1. The van der Waals surface area contributed by atoms with Crippen LogP contribution in [0.15, 0.2) is 16.5 Å². The van der Waals surface area contributed by atoms with Gasteiger partial charge in [0, 0.05) is 0 Å². The van der Waals surface area contributed by atoms with Gasteiger partial charge in [-0.05, 0) is 31.5 Å². The molecule has 0 aliphatic carbocycles. The molecule has 0 aromatic carbocycles. The summed E-state index contributed by atoms with van der Waals surface area (Å²) in [6.45, 7) is 1.16. The second-order valence-electron chi connectivity index (χ2n) is 3.99. The third-order valence-electron chi connectivity index (χ3n) is 2.88. The molecule has 1 saturated heterocycles. The Bertz CT molecular complexity index is 374. The van der Waals surface area contributed by atoms with E-state index in [4.69, 9.17) is 14.6 Å². The number of aliphatic hydroxyl groups is 1. The molecule has 1 atom stereocenters. The van der Waals surface area contributed by atoms with Crippen molar-refractivity contribution in [2.75, 3.05) is 6.54 Å². The van der Waals surface area contributed by atoms with Crippen molar-refractivity contribution in [3.05, 3.63) is 23.7 Å². The van der Waals surface area contributed by atoms with Crippen LogP contribution in [0.4, 0.5) is 0 Å². The van der Waals surface area contributed by atoms with Gasteiger partial charge in [-0.3, -0.25) is 9.69 Å². The summed E-state index contributed by atoms with van der Waals surface area (Å²) >= 11 is 0. The summed E-state index contributed by atoms with van der Waals surface area (Å²) in [4.78, 5) is 12.8. The van der Waals surface area contributed by atoms with Crippen molar-refractivity contribution in [3.8, 4) is 0 Å². The number of carboxylic acid groups (broad SMARTS) is 1. The maximum atomic E-state index is 11.0. The molecule has 5 heteroatoms. The van der Waals surface area contributed by atoms with Gasteiger partial charge in [-0.2, -0.15) is 0 Å². The van der Waals surface area contributed by atoms with Crippen LogP contribution in [0, 0.1) is 0 Å². The topological polar surface area (TPSA) is 73.9 Å². The summed E-state index contributed by atoms with van der Waals surface area (Å²) in [6, 6.07) is 3.09. The van der Waals surface area contributed by atoms with Gasteiger partial charge in [0.1, 0.15) is 24.2 Å². The quantitative estimate of drug-likeness (QED) is 0.793. The standard InChI is InChI=1S/C11H15NO4/c13-7-9-4-3-8(16-9)6-12-5-1-2-10(12)11(14)15/h3-4,10,13H,1-2,5-7H2,(H,14,15)/t10-/m0/s1. The number of hydrogen-bond donors (Lipinski definition) is 2. The summed E-state index contributed by atoms with van der Waals surface area (Å²) in [6.07, 6.45) is 1.60. The molecule has 2 rings (SSSR count). The number of nitrogens with zero attached hydrogens (tertiary/aromatic N) is 1. The van der Waals surface area contributed by atoms with Crippen LogP contribution in [0.5, 0.6) is 0 Å². The summed E-state index contributed by atoms with van der Waals surface area (Å²) in [7, 11) is 0. The zero-order valence-electron chi connectivity index (χ0n) is 8.93. The highest BCUT2D eigenvalue weighted by Gasteiger charge is 2.30. The van der Waals surface area contributed by atoms with Crippen LogP contribution in [0.3, 0.4) is 0 Å². The number of hydrogen-bond acceptors (Lipinski definition) is 4. The Labute approximate surface area is 93.3 Å². The lowest BCUT2D eigenvalue weighted by atomic mass is 10.2. The first-order valence-electron chi connectivity index (χ1n) is 5.36. The molecule has 0 amide bonds. The predicted molar refractivity (Wildman–Crippen MR) is 55.7 cm³/mol. The van der Waals surface area contributed by atoms with Crippen LogP contribution in [-0.2, 0) is 17.9 Å². The highest BCUT2D eigenvalue weighted by Crippen LogP contribution is 2.21. The average Bonchev–Trinajstić information content (AvgIpc) is 2.87. The SMILES string of the molecule is O=C(O)[C@@H]1CCCN1Cc1ccc(CO)o1. The second-order valence-corrected chi connectivity index (χ2v) is 3.99. The fraction of sp³-hybridized carbons (Fsp3) is 0.545. The van der Waals surface area contributed by atoms with Crippen LogP contribution in [0.1, 0.15) is 24.4 Å². The Morgan fingerprint density at radius 2 is 2.25 bits per heavy atom. The molecule has 1 aromatic rings. The van der Waals surface area contributed by atoms with Crippen molar-refractivity contribution in [3.63, 3.8) is 0 Å². The molecule has 0 bridgehead atoms. The first-order chi connectivity index (χ1) is 7.70. The Morgan fingerprint density at radius 3 is 2.88 bits per heavy atom. The van der Waals surface area contributed by atoms with Gasteiger partial charge in [0.15, 0.2) is 0 Å². The van der Waals surface area contributed by atoms with Crippen LogP contribution in [-0.4, -0.2) is 33.7 Å². The number of aliphatic carboxylic acids is 1. The third-order valence-corrected chi connectivity index (χ3v) is 2.88. The van der Waals surface area contributed by atoms with Crippen LogP contribution >= 0.6 is 0 Å². The van der Waals surface area contributed by atoms with E-state index in [9.17, 15) is 4.79 Å². The van der Waals surface area contributed by atoms with Crippen molar-refractivity contribution in [2.45, 2.75) is 32.0 Å². The molecular weight excluding hydrogens is 210 g/mol. The summed E-state index contributed by atoms with van der Waals surface area (Å²) < 4.78 is 5.34. The number of furan rings is 1. The van der Waals surface area contributed by atoms with E-state index in [0.717, 1.165) is 13.0 Å². The number of likely N-dealkylation sites (tertiary alicyclic amines) is 1. The number of carboxylic acids is 1. The minimum Gasteiger partial charge on any atom is -0.480 e. The molecule has 16 heavy (non-hydrogen) atoms. The molecule has 5 nitrogen and oxygen atoms in total. The summed E-state index contributed by atoms with van der Waals surface area (Å²) in [5.41, 5.74) is 0. The molecule has 1 aliphatic rings. The van der Waals surface area contributed by atoms with Crippen molar-refractivity contribution < 1.29 is 19.4 Å². The molecule has 2 N–H and O–H groups in total. The van der Waals surface area contributed by atoms with E-state index in [1.54, 1.807) is 12.1 Å². The van der Waals surface area contributed by atoms with Gasteiger partial charge in [0.2, 0.25) is 0 Å². The van der Waals surface area contributed by atoms with Crippen LogP contribution in [0.2, 0.25) is 0 Å². The minimum atomic E-state index is -0.772. The lowest BCUT2D eigenvalue weighted by molar-refractivity contribution is -0.142. The first-order valence-corrected chi connectivity index (χ1v) is 5.36. The molecule has 2 heterocycles. The van der Waals surface area contributed by atoms with Gasteiger partial charge in [-0.25, -0.2) is 0 Å². The van der Waals surface area contributed by atoms with Gasteiger partial charge >= 0.3 is 5.97 Å². The molecule has 0 unspecified atom stereocenters. The largest absolute Gasteiger partial charge is 0.480 e. The minimum absolute atomic E-state index is 0.123. The second kappa shape index (κ2) is 4.67. The van der Waals surface area contributed by atoms with E-state index in [0.29, 0.717) is 24.5 Å². The lowest BCUT2D eigenvalue weighted by Crippen LogP contribution is -2.35. The van der Waals surface area contributed by atoms with E-state index in [-0.39, 0.29) is 6.61 Å². The zero-order valence-corrected chi connectivity index (χ0v) is 8.93. The Morgan fingerprint density at radius 1 is 1.50 bits per heavy atom. The smallest absolute Gasteiger partial charge is 0.320 e. The van der Waals surface area contributed by atoms with Gasteiger partial charge in [-0.1, -0.05) is 0 Å². The van der Waals surface area contributed by atoms with Gasteiger partial charge < -0.3 is 14.6 Å². The van der Waals surface area contributed by atoms with Gasteiger partial charge in [0.25, 0.3) is 0 Å². The van der Waals surface area contributed by atoms with E-state index in [1.165, 1.54) is 0 Å². The molecule has 1 aromatic heterocycles. The van der Waals surface area contributed by atoms with Crippen LogP contribution in [0.25, 0.3) is 0 Å². The van der Waals surface area contributed by atoms with Crippen molar-refractivity contribution >= 4 is 5.97 Å². The summed E-state index contributed by atoms with van der Waals surface area (Å²) in [5.74, 6) is 0.449. The average molecular weight is 225 g/mol. The zero-order chi connectivity index (χ0) is 11.5. The maximum absolute atomic E-state index is 11.0. The molecule has 1 fully saturated rings. The normalized spacial score (nSPS) is 21.4. The van der Waals surface area contributed by atoms with E-state index >= 15 is 0 Å². The lowest BCUT2D eigenvalue weighted by Gasteiger charge is -2.19. The Balaban J connectivity index is 2.00. The van der Waals surface area contributed by atoms with E-state index in [1.807, 2.05) is 4.90 Å². The van der Waals surface area contributed by atoms with Crippen molar-refractivity contribution in [2.24, 2.45) is 0 Å². The number of carbonyl (C=O) groups is 1. The highest BCUT2D eigenvalue weighted by molar-refractivity contribution is 5.73. The third kappa shape index (κ3) is 2.25. The van der Waals surface area contributed by atoms with Crippen LogP contribution < -0.4 is 0 Å². The van der Waals surface area contributed by atoms with Crippen molar-refractivity contribution in [1.82, 2.24) is 4.90 Å². The fourth-order valence-electron chi connectivity index (χ4n) is 2.09. The molecule has 0 radical (unpaired) electrons. The molecule has 88 valence electrons. The van der Waals surface area contributed by atoms with E-state index in [2.05, 4.69) is 0 Å². The highest BCUT2D eigenvalue weighted by atomic mass is 16.4. The monoisotopic (exact) mass is 225 g/mol. The first kappa shape index (κ1) is 11.2. The predicted octanol–water partition coefficient (Wildman–Crippen LogP) is 0.821. The van der Waals surface area contributed by atoms with Crippen molar-refractivity contribution in [1.29, 1.82) is 0 Å². The van der Waals surface area contributed by atoms with Gasteiger partial charge in [-0.15, -0.1) is 0 Å². The Kier molecular flexibility index (Phi) is 3.26. The maximum Gasteiger partial charge on any atom is 0.320 e. The molecule has 0 spiro atoms. The van der Waals surface area contributed by atoms with E-state index < -0.39 is 12.0 Å². The molecule has 0 saturated carbocycles. The fourth-order valence-corrected chi connectivity index (χ4v) is 2.09. The molecular formula is C11H15NO4.